The first-order valence-electron chi connectivity index (χ1n) is 8.73. The van der Waals surface area contributed by atoms with Crippen LogP contribution in [0.5, 0.6) is 0 Å². The summed E-state index contributed by atoms with van der Waals surface area (Å²) in [5.41, 5.74) is 1.77. The third kappa shape index (κ3) is 4.52. The van der Waals surface area contributed by atoms with Gasteiger partial charge in [0.15, 0.2) is 4.34 Å². The highest BCUT2D eigenvalue weighted by atomic mass is 32.2. The Kier molecular flexibility index (Phi) is 5.59. The zero-order valence-corrected chi connectivity index (χ0v) is 16.7. The molecule has 0 aliphatic heterocycles. The van der Waals surface area contributed by atoms with Gasteiger partial charge >= 0.3 is 0 Å². The molecule has 0 saturated carbocycles. The average molecular weight is 411 g/mol. The van der Waals surface area contributed by atoms with Gasteiger partial charge in [-0.2, -0.15) is 0 Å². The zero-order valence-electron chi connectivity index (χ0n) is 15.1. The third-order valence-corrected chi connectivity index (χ3v) is 5.98. The van der Waals surface area contributed by atoms with Gasteiger partial charge in [-0.05, 0) is 31.2 Å². The molecule has 0 bridgehead atoms. The Morgan fingerprint density at radius 1 is 1.14 bits per heavy atom. The van der Waals surface area contributed by atoms with Crippen molar-refractivity contribution in [3.05, 3.63) is 66.4 Å². The quantitative estimate of drug-likeness (QED) is 0.418. The Morgan fingerprint density at radius 3 is 2.75 bits per heavy atom. The number of nitrogens with one attached hydrogen (secondary N) is 2. The Balaban J connectivity index is 1.29. The second-order valence-electron chi connectivity index (χ2n) is 6.13. The fraction of sp³-hybridized carbons (Fsp3) is 0.150. The van der Waals surface area contributed by atoms with E-state index in [4.69, 9.17) is 4.42 Å². The number of amides is 1. The Morgan fingerprint density at radius 2 is 1.93 bits per heavy atom. The molecular formula is C20H18N4O2S2. The molecule has 0 fully saturated rings. The number of carbonyl (C=O) groups is 1. The molecule has 142 valence electrons. The second-order valence-corrected chi connectivity index (χ2v) is 8.33. The molecule has 2 N–H and O–H groups in total. The predicted octanol–water partition coefficient (Wildman–Crippen LogP) is 5.00. The molecular weight excluding hydrogens is 392 g/mol. The molecule has 6 nitrogen and oxygen atoms in total. The van der Waals surface area contributed by atoms with Crippen molar-refractivity contribution in [1.29, 1.82) is 0 Å². The van der Waals surface area contributed by atoms with E-state index in [1.165, 1.54) is 23.1 Å². The van der Waals surface area contributed by atoms with E-state index in [2.05, 4.69) is 20.8 Å². The number of aromatic nitrogens is 2. The number of hydrogen-bond donors (Lipinski definition) is 2. The van der Waals surface area contributed by atoms with Gasteiger partial charge in [0.2, 0.25) is 11.0 Å². The normalized spacial score (nSPS) is 12.0. The van der Waals surface area contributed by atoms with E-state index in [0.717, 1.165) is 26.8 Å². The molecule has 2 aromatic carbocycles. The molecule has 0 saturated heterocycles. The van der Waals surface area contributed by atoms with Crippen molar-refractivity contribution in [2.45, 2.75) is 17.3 Å². The van der Waals surface area contributed by atoms with Crippen molar-refractivity contribution in [2.75, 3.05) is 11.1 Å². The summed E-state index contributed by atoms with van der Waals surface area (Å²) in [5, 5.41) is 16.1. The van der Waals surface area contributed by atoms with Gasteiger partial charge in [0.25, 0.3) is 0 Å². The van der Waals surface area contributed by atoms with Gasteiger partial charge in [0, 0.05) is 11.1 Å². The van der Waals surface area contributed by atoms with E-state index in [1.54, 1.807) is 0 Å². The summed E-state index contributed by atoms with van der Waals surface area (Å²) in [7, 11) is 0. The first-order valence-corrected chi connectivity index (χ1v) is 10.5. The maximum Gasteiger partial charge on any atom is 0.231 e. The maximum atomic E-state index is 12.3. The van der Waals surface area contributed by atoms with Crippen molar-refractivity contribution in [2.24, 2.45) is 0 Å². The van der Waals surface area contributed by atoms with E-state index in [1.807, 2.05) is 67.6 Å². The molecule has 8 heteroatoms. The number of furan rings is 1. The largest absolute Gasteiger partial charge is 0.459 e. The smallest absolute Gasteiger partial charge is 0.231 e. The van der Waals surface area contributed by atoms with E-state index in [0.29, 0.717) is 5.13 Å². The van der Waals surface area contributed by atoms with Crippen LogP contribution in [0.15, 0.2) is 69.4 Å². The summed E-state index contributed by atoms with van der Waals surface area (Å²) in [6, 6.07) is 19.3. The number of hydrogen-bond acceptors (Lipinski definition) is 7. The van der Waals surface area contributed by atoms with Gasteiger partial charge in [0.05, 0.1) is 11.8 Å². The van der Waals surface area contributed by atoms with Crippen LogP contribution >= 0.6 is 23.1 Å². The molecule has 4 aromatic rings. The lowest BCUT2D eigenvalue weighted by atomic mass is 10.2. The Labute approximate surface area is 170 Å². The molecule has 1 unspecified atom stereocenters. The molecule has 0 radical (unpaired) electrons. The maximum absolute atomic E-state index is 12.3. The van der Waals surface area contributed by atoms with Gasteiger partial charge in [-0.3, -0.25) is 4.79 Å². The lowest BCUT2D eigenvalue weighted by Crippen LogP contribution is -2.27. The fourth-order valence-electron chi connectivity index (χ4n) is 2.66. The molecule has 1 atom stereocenters. The van der Waals surface area contributed by atoms with Crippen LogP contribution in [0.2, 0.25) is 0 Å². The average Bonchev–Trinajstić information content (AvgIpc) is 3.34. The van der Waals surface area contributed by atoms with E-state index >= 15 is 0 Å². The highest BCUT2D eigenvalue weighted by molar-refractivity contribution is 8.01. The minimum atomic E-state index is -0.203. The van der Waals surface area contributed by atoms with E-state index in [9.17, 15) is 4.79 Å². The van der Waals surface area contributed by atoms with Crippen molar-refractivity contribution >= 4 is 50.8 Å². The van der Waals surface area contributed by atoms with Crippen molar-refractivity contribution in [3.63, 3.8) is 0 Å². The number of anilines is 2. The van der Waals surface area contributed by atoms with Crippen LogP contribution in [-0.2, 0) is 4.79 Å². The van der Waals surface area contributed by atoms with Gasteiger partial charge in [-0.1, -0.05) is 59.5 Å². The summed E-state index contributed by atoms with van der Waals surface area (Å²) >= 11 is 2.78. The van der Waals surface area contributed by atoms with Gasteiger partial charge in [-0.25, -0.2) is 0 Å². The number of fused-ring (bicyclic) bond motifs is 1. The van der Waals surface area contributed by atoms with Gasteiger partial charge in [-0.15, -0.1) is 10.2 Å². The first-order chi connectivity index (χ1) is 13.7. The first kappa shape index (κ1) is 18.5. The summed E-state index contributed by atoms with van der Waals surface area (Å²) in [5.74, 6) is 0.931. The lowest BCUT2D eigenvalue weighted by molar-refractivity contribution is -0.119. The van der Waals surface area contributed by atoms with Crippen LogP contribution in [-0.4, -0.2) is 21.9 Å². The summed E-state index contributed by atoms with van der Waals surface area (Å²) in [6.45, 7) is 1.91. The number of benzene rings is 2. The molecule has 2 heterocycles. The topological polar surface area (TPSA) is 80.0 Å². The summed E-state index contributed by atoms with van der Waals surface area (Å²) in [4.78, 5) is 12.3. The molecule has 1 amide bonds. The van der Waals surface area contributed by atoms with E-state index < -0.39 is 0 Å². The van der Waals surface area contributed by atoms with Crippen LogP contribution in [0, 0.1) is 0 Å². The van der Waals surface area contributed by atoms with Gasteiger partial charge in [0.1, 0.15) is 11.3 Å². The van der Waals surface area contributed by atoms with Crippen LogP contribution in [0.3, 0.4) is 0 Å². The number of para-hydroxylation sites is 2. The summed E-state index contributed by atoms with van der Waals surface area (Å²) in [6.07, 6.45) is 0. The number of carbonyl (C=O) groups excluding carboxylic acids is 1. The molecule has 0 aliphatic carbocycles. The van der Waals surface area contributed by atoms with Crippen LogP contribution in [0.4, 0.5) is 10.8 Å². The standard InChI is InChI=1S/C20H18N4O2S2/c1-13(17-11-14-7-5-6-10-16(14)26-17)21-18(25)12-27-20-24-23-19(28-20)22-15-8-3-2-4-9-15/h2-11,13H,12H2,1H3,(H,21,25)(H,22,23). The molecule has 4 rings (SSSR count). The Bertz CT molecular complexity index is 1040. The minimum Gasteiger partial charge on any atom is -0.459 e. The second kappa shape index (κ2) is 8.45. The van der Waals surface area contributed by atoms with Crippen LogP contribution < -0.4 is 10.6 Å². The van der Waals surface area contributed by atoms with Gasteiger partial charge < -0.3 is 15.1 Å². The fourth-order valence-corrected chi connectivity index (χ4v) is 4.24. The predicted molar refractivity (Wildman–Crippen MR) is 113 cm³/mol. The highest BCUT2D eigenvalue weighted by Crippen LogP contribution is 2.28. The number of rotatable bonds is 7. The van der Waals surface area contributed by atoms with Crippen LogP contribution in [0.1, 0.15) is 18.7 Å². The highest BCUT2D eigenvalue weighted by Gasteiger charge is 2.15. The lowest BCUT2D eigenvalue weighted by Gasteiger charge is -2.10. The monoisotopic (exact) mass is 410 g/mol. The van der Waals surface area contributed by atoms with Crippen molar-refractivity contribution < 1.29 is 9.21 Å². The SMILES string of the molecule is CC(NC(=O)CSc1nnc(Nc2ccccc2)s1)c1cc2ccccc2o1. The van der Waals surface area contributed by atoms with Crippen molar-refractivity contribution in [3.8, 4) is 0 Å². The third-order valence-electron chi connectivity index (χ3n) is 4.01. The van der Waals surface area contributed by atoms with Crippen molar-refractivity contribution in [1.82, 2.24) is 15.5 Å². The minimum absolute atomic E-state index is 0.0780. The molecule has 0 aliphatic rings. The number of nitrogens with zero attached hydrogens (tertiary/aromatic N) is 2. The van der Waals surface area contributed by atoms with E-state index in [-0.39, 0.29) is 17.7 Å². The zero-order chi connectivity index (χ0) is 19.3. The molecule has 28 heavy (non-hydrogen) atoms. The number of thioether (sulfide) groups is 1. The molecule has 2 aromatic heterocycles. The van der Waals surface area contributed by atoms with Crippen LogP contribution in [0.25, 0.3) is 11.0 Å². The summed E-state index contributed by atoms with van der Waals surface area (Å²) < 4.78 is 6.54. The molecule has 0 spiro atoms. The Hall–Kier alpha value is -2.84.